The molecule has 4 unspecified atom stereocenters. The van der Waals surface area contributed by atoms with Gasteiger partial charge in [0.1, 0.15) is 0 Å². The molecule has 2 fully saturated rings. The van der Waals surface area contributed by atoms with E-state index >= 15 is 0 Å². The second kappa shape index (κ2) is 21.3. The van der Waals surface area contributed by atoms with E-state index in [2.05, 4.69) is 83.1 Å². The molecule has 0 aromatic heterocycles. The van der Waals surface area contributed by atoms with E-state index in [1.807, 2.05) is 0 Å². The monoisotopic (exact) mass is 619 g/mol. The summed E-state index contributed by atoms with van der Waals surface area (Å²) in [5, 5.41) is 0. The van der Waals surface area contributed by atoms with Gasteiger partial charge in [0, 0.05) is 0 Å². The summed E-state index contributed by atoms with van der Waals surface area (Å²) in [7, 11) is 0. The van der Waals surface area contributed by atoms with Crippen molar-refractivity contribution < 1.29 is 17.1 Å². The molecule has 250 valence electrons. The van der Waals surface area contributed by atoms with Gasteiger partial charge in [-0.25, -0.2) is 0 Å². The molecule has 0 amide bonds. The van der Waals surface area contributed by atoms with Gasteiger partial charge in [-0.1, -0.05) is 134 Å². The van der Waals surface area contributed by atoms with Crippen LogP contribution in [0.3, 0.4) is 0 Å². The van der Waals surface area contributed by atoms with Crippen LogP contribution in [-0.4, -0.2) is 0 Å². The Morgan fingerprint density at radius 1 is 0.390 bits per heavy atom. The minimum absolute atomic E-state index is 0. The molecule has 0 nitrogen and oxygen atoms in total. The predicted molar refractivity (Wildman–Crippen MR) is 188 cm³/mol. The zero-order valence-corrected chi connectivity index (χ0v) is 32.5. The van der Waals surface area contributed by atoms with Gasteiger partial charge >= 0.3 is 17.1 Å². The summed E-state index contributed by atoms with van der Waals surface area (Å²) in [6, 6.07) is 0. The fourth-order valence-corrected chi connectivity index (χ4v) is 8.15. The Morgan fingerprint density at radius 3 is 0.707 bits per heavy atom. The summed E-state index contributed by atoms with van der Waals surface area (Å²) in [6.45, 7) is 29.5. The number of hydrogen-bond acceptors (Lipinski definition) is 0. The second-order valence-corrected chi connectivity index (χ2v) is 16.8. The maximum absolute atomic E-state index is 2.52. The fraction of sp³-hybridized carbons (Fsp3) is 0.950. The SMILES string of the molecule is CCCCC(C)(C)C1CCC(C(C)(C)CCCC)C1.CCCCC(C)(C)C1CCC(C(C)(C)CCCC)C1.[CH3-].[CH3-].[Fe+2]. The fourth-order valence-electron chi connectivity index (χ4n) is 8.15. The van der Waals surface area contributed by atoms with Crippen molar-refractivity contribution in [3.63, 3.8) is 0 Å². The quantitative estimate of drug-likeness (QED) is 0.119. The average Bonchev–Trinajstić information content (AvgIpc) is 3.56. The number of rotatable bonds is 16. The summed E-state index contributed by atoms with van der Waals surface area (Å²) in [5.41, 5.74) is 2.30. The smallest absolute Gasteiger partial charge is 0.358 e. The molecule has 2 saturated carbocycles. The van der Waals surface area contributed by atoms with Crippen molar-refractivity contribution in [1.82, 2.24) is 0 Å². The van der Waals surface area contributed by atoms with E-state index in [1.54, 1.807) is 0 Å². The first-order chi connectivity index (χ1) is 17.7. The Morgan fingerprint density at radius 2 is 0.561 bits per heavy atom. The Bertz CT molecular complexity index is 506. The van der Waals surface area contributed by atoms with Crippen molar-refractivity contribution in [2.24, 2.45) is 45.3 Å². The zero-order chi connectivity index (χ0) is 29.0. The van der Waals surface area contributed by atoms with Gasteiger partial charge in [-0.3, -0.25) is 0 Å². The predicted octanol–water partition coefficient (Wildman–Crippen LogP) is 14.6. The van der Waals surface area contributed by atoms with Gasteiger partial charge in [-0.2, -0.15) is 0 Å². The Kier molecular flexibility index (Phi) is 23.9. The van der Waals surface area contributed by atoms with Gasteiger partial charge in [-0.05, 0) is 110 Å². The van der Waals surface area contributed by atoms with E-state index in [0.717, 1.165) is 23.7 Å². The van der Waals surface area contributed by atoms with Crippen LogP contribution in [0, 0.1) is 60.2 Å². The van der Waals surface area contributed by atoms with Gasteiger partial charge in [0.15, 0.2) is 0 Å². The molecule has 0 bridgehead atoms. The normalized spacial score (nSPS) is 23.1. The molecular formula is C40H82Fe. The molecule has 2 aliphatic rings. The summed E-state index contributed by atoms with van der Waals surface area (Å²) in [6.07, 6.45) is 25.7. The third-order valence-corrected chi connectivity index (χ3v) is 12.0. The van der Waals surface area contributed by atoms with Crippen LogP contribution in [-0.2, 0) is 17.1 Å². The maximum atomic E-state index is 2.52. The Balaban J connectivity index is -0.000000656. The first kappa shape index (κ1) is 45.9. The molecule has 0 N–H and O–H groups in total. The van der Waals surface area contributed by atoms with E-state index in [1.165, 1.54) is 116 Å². The number of hydrogen-bond donors (Lipinski definition) is 0. The molecular weight excluding hydrogens is 536 g/mol. The summed E-state index contributed by atoms with van der Waals surface area (Å²) < 4.78 is 0. The average molecular weight is 619 g/mol. The van der Waals surface area contributed by atoms with Crippen LogP contribution in [0.2, 0.25) is 0 Å². The minimum atomic E-state index is 0. The van der Waals surface area contributed by atoms with Gasteiger partial charge < -0.3 is 14.9 Å². The van der Waals surface area contributed by atoms with Crippen LogP contribution in [0.25, 0.3) is 0 Å². The van der Waals surface area contributed by atoms with Crippen molar-refractivity contribution in [3.8, 4) is 0 Å². The molecule has 2 aliphatic carbocycles. The van der Waals surface area contributed by atoms with Crippen LogP contribution in [0.5, 0.6) is 0 Å². The third-order valence-electron chi connectivity index (χ3n) is 12.0. The topological polar surface area (TPSA) is 0 Å². The molecule has 0 aliphatic heterocycles. The molecule has 4 atom stereocenters. The molecule has 41 heavy (non-hydrogen) atoms. The third kappa shape index (κ3) is 15.4. The van der Waals surface area contributed by atoms with Crippen LogP contribution in [0.15, 0.2) is 0 Å². The summed E-state index contributed by atoms with van der Waals surface area (Å²) in [4.78, 5) is 0. The zero-order valence-electron chi connectivity index (χ0n) is 31.4. The Labute approximate surface area is 275 Å². The van der Waals surface area contributed by atoms with E-state index in [4.69, 9.17) is 0 Å². The van der Waals surface area contributed by atoms with Crippen LogP contribution < -0.4 is 0 Å². The summed E-state index contributed by atoms with van der Waals surface area (Å²) >= 11 is 0. The van der Waals surface area contributed by atoms with Crippen LogP contribution in [0.1, 0.15) is 199 Å². The molecule has 0 radical (unpaired) electrons. The van der Waals surface area contributed by atoms with E-state index in [-0.39, 0.29) is 31.9 Å². The minimum Gasteiger partial charge on any atom is -0.358 e. The standard InChI is InChI=1S/2C19H38.2CH3.Fe/c2*1-7-9-13-18(3,4)16-11-12-17(15-16)19(5,6)14-10-8-2;;;/h2*16-17H,7-15H2,1-6H3;2*1H3;/q;;2*-1;+2. The van der Waals surface area contributed by atoms with E-state index < -0.39 is 0 Å². The molecule has 0 saturated heterocycles. The van der Waals surface area contributed by atoms with Crippen LogP contribution in [0.4, 0.5) is 0 Å². The molecule has 1 heteroatoms. The molecule has 0 aromatic rings. The van der Waals surface area contributed by atoms with E-state index in [9.17, 15) is 0 Å². The largest absolute Gasteiger partial charge is 2.00 e. The summed E-state index contributed by atoms with van der Waals surface area (Å²) in [5.74, 6) is 3.91. The Hall–Kier alpha value is 0.519. The van der Waals surface area contributed by atoms with Crippen molar-refractivity contribution in [2.45, 2.75) is 199 Å². The first-order valence-electron chi connectivity index (χ1n) is 17.7. The van der Waals surface area contributed by atoms with Gasteiger partial charge in [-0.15, -0.1) is 0 Å². The van der Waals surface area contributed by atoms with E-state index in [0.29, 0.717) is 21.7 Å². The van der Waals surface area contributed by atoms with Crippen molar-refractivity contribution in [3.05, 3.63) is 14.9 Å². The molecule has 2 rings (SSSR count). The van der Waals surface area contributed by atoms with Crippen molar-refractivity contribution in [1.29, 1.82) is 0 Å². The second-order valence-electron chi connectivity index (χ2n) is 16.8. The first-order valence-corrected chi connectivity index (χ1v) is 17.7. The van der Waals surface area contributed by atoms with Gasteiger partial charge in [0.2, 0.25) is 0 Å². The molecule has 0 heterocycles. The molecule has 0 aromatic carbocycles. The van der Waals surface area contributed by atoms with Crippen molar-refractivity contribution in [2.75, 3.05) is 0 Å². The van der Waals surface area contributed by atoms with Gasteiger partial charge in [0.05, 0.1) is 0 Å². The maximum Gasteiger partial charge on any atom is 2.00 e. The van der Waals surface area contributed by atoms with Crippen molar-refractivity contribution >= 4 is 0 Å². The van der Waals surface area contributed by atoms with Gasteiger partial charge in [0.25, 0.3) is 0 Å². The molecule has 0 spiro atoms. The number of unbranched alkanes of at least 4 members (excludes halogenated alkanes) is 4. The van der Waals surface area contributed by atoms with Crippen LogP contribution >= 0.6 is 0 Å².